The van der Waals surface area contributed by atoms with Crippen LogP contribution in [0.1, 0.15) is 22.3 Å². The van der Waals surface area contributed by atoms with Crippen molar-refractivity contribution in [2.45, 2.75) is 13.8 Å². The summed E-state index contributed by atoms with van der Waals surface area (Å²) < 4.78 is 8.90. The molecule has 0 atom stereocenters. The Labute approximate surface area is 151 Å². The lowest BCUT2D eigenvalue weighted by molar-refractivity contribution is 1.40. The van der Waals surface area contributed by atoms with Gasteiger partial charge in [-0.1, -0.05) is 48.5 Å². The van der Waals surface area contributed by atoms with E-state index < -0.39 is 0 Å². The normalized spacial score (nSPS) is 13.4. The molecule has 1 heterocycles. The minimum absolute atomic E-state index is 0.0179. The van der Waals surface area contributed by atoms with Crippen molar-refractivity contribution in [1.29, 1.82) is 10.5 Å². The quantitative estimate of drug-likeness (QED) is 0.596. The van der Waals surface area contributed by atoms with Crippen molar-refractivity contribution in [3.63, 3.8) is 0 Å². The summed E-state index contributed by atoms with van der Waals surface area (Å²) in [4.78, 5) is 0. The minimum atomic E-state index is 0.0179. The third-order valence-corrected chi connectivity index (χ3v) is 4.54. The van der Waals surface area contributed by atoms with E-state index in [1.807, 2.05) is 74.5 Å². The summed E-state index contributed by atoms with van der Waals surface area (Å²) in [6.07, 6.45) is 0. The lowest BCUT2D eigenvalue weighted by Crippen LogP contribution is -2.21. The van der Waals surface area contributed by atoms with Gasteiger partial charge in [0, 0.05) is 11.1 Å². The second-order valence-electron chi connectivity index (χ2n) is 5.56. The zero-order chi connectivity index (χ0) is 17.8. The first-order chi connectivity index (χ1) is 12.2. The maximum absolute atomic E-state index is 9.50. The van der Waals surface area contributed by atoms with Gasteiger partial charge in [-0.15, -0.1) is 0 Å². The zero-order valence-electron chi connectivity index (χ0n) is 13.8. The van der Waals surface area contributed by atoms with E-state index in [4.69, 9.17) is 0 Å². The molecule has 2 aromatic carbocycles. The van der Waals surface area contributed by atoms with E-state index >= 15 is 0 Å². The average molecular weight is 342 g/mol. The highest BCUT2D eigenvalue weighted by atomic mass is 32.2. The first-order valence-corrected chi connectivity index (χ1v) is 8.39. The fourth-order valence-corrected chi connectivity index (χ4v) is 3.31. The average Bonchev–Trinajstić information content (AvgIpc) is 2.64. The molecule has 3 rings (SSSR count). The van der Waals surface area contributed by atoms with Crippen LogP contribution < -0.4 is 0 Å². The van der Waals surface area contributed by atoms with Crippen LogP contribution in [0.5, 0.6) is 0 Å². The van der Waals surface area contributed by atoms with Crippen LogP contribution in [0.25, 0.3) is 0 Å². The molecule has 5 heteroatoms. The molecule has 120 valence electrons. The molecular formula is C20H14N4S. The smallest absolute Gasteiger partial charge is 0.141 e. The van der Waals surface area contributed by atoms with Crippen LogP contribution in [0, 0.1) is 36.5 Å². The van der Waals surface area contributed by atoms with Crippen molar-refractivity contribution >= 4 is 23.6 Å². The third-order valence-electron chi connectivity index (χ3n) is 4.01. The van der Waals surface area contributed by atoms with Crippen LogP contribution in [-0.4, -0.2) is 11.4 Å². The number of benzene rings is 2. The standard InChI is InChI=1S/C20H14N4S/c1-13-7-3-5-9-16(13)19-18(15(11-21)12-22)20(24-25-23-19)17-10-6-4-8-14(17)2/h3-10H,1-2H3. The predicted octanol–water partition coefficient (Wildman–Crippen LogP) is 4.50. The number of nitrogens with zero attached hydrogens (tertiary/aromatic N) is 4. The molecule has 1 aliphatic rings. The van der Waals surface area contributed by atoms with Crippen LogP contribution in [-0.2, 0) is 0 Å². The van der Waals surface area contributed by atoms with Crippen LogP contribution in [0.15, 0.2) is 68.5 Å². The van der Waals surface area contributed by atoms with E-state index in [0.717, 1.165) is 34.4 Å². The van der Waals surface area contributed by atoms with Crippen molar-refractivity contribution in [2.24, 2.45) is 8.80 Å². The summed E-state index contributed by atoms with van der Waals surface area (Å²) in [6, 6.07) is 19.6. The third kappa shape index (κ3) is 3.10. The van der Waals surface area contributed by atoms with Gasteiger partial charge < -0.3 is 0 Å². The molecule has 0 radical (unpaired) electrons. The maximum atomic E-state index is 9.50. The van der Waals surface area contributed by atoms with Gasteiger partial charge in [-0.05, 0) is 25.0 Å². The number of aryl methyl sites for hydroxylation is 2. The Morgan fingerprint density at radius 2 is 1.24 bits per heavy atom. The summed E-state index contributed by atoms with van der Waals surface area (Å²) in [5.74, 6) is 0. The summed E-state index contributed by atoms with van der Waals surface area (Å²) in [5.41, 5.74) is 5.60. The fraction of sp³-hybridized carbons (Fsp3) is 0.100. The first-order valence-electron chi connectivity index (χ1n) is 7.66. The molecule has 0 amide bonds. The highest BCUT2D eigenvalue weighted by Crippen LogP contribution is 2.30. The minimum Gasteiger partial charge on any atom is -0.192 e. The Morgan fingerprint density at radius 3 is 1.64 bits per heavy atom. The van der Waals surface area contributed by atoms with Crippen molar-refractivity contribution < 1.29 is 0 Å². The van der Waals surface area contributed by atoms with Gasteiger partial charge >= 0.3 is 0 Å². The van der Waals surface area contributed by atoms with E-state index in [1.165, 1.54) is 0 Å². The molecule has 1 aliphatic heterocycles. The van der Waals surface area contributed by atoms with Crippen molar-refractivity contribution in [2.75, 3.05) is 0 Å². The number of allylic oxidation sites excluding steroid dienone is 2. The first kappa shape index (κ1) is 16.7. The largest absolute Gasteiger partial charge is 0.192 e. The van der Waals surface area contributed by atoms with Gasteiger partial charge in [0.2, 0.25) is 0 Å². The molecule has 0 spiro atoms. The molecule has 0 aromatic heterocycles. The van der Waals surface area contributed by atoms with Crippen molar-refractivity contribution in [3.05, 3.63) is 81.9 Å². The van der Waals surface area contributed by atoms with Crippen LogP contribution in [0.4, 0.5) is 0 Å². The Bertz CT molecular complexity index is 937. The summed E-state index contributed by atoms with van der Waals surface area (Å²) >= 11 is 1.08. The Morgan fingerprint density at radius 1 is 0.800 bits per heavy atom. The molecule has 0 unspecified atom stereocenters. The summed E-state index contributed by atoms with van der Waals surface area (Å²) in [5, 5.41) is 19.0. The monoisotopic (exact) mass is 342 g/mol. The molecular weight excluding hydrogens is 328 g/mol. The molecule has 4 nitrogen and oxygen atoms in total. The predicted molar refractivity (Wildman–Crippen MR) is 101 cm³/mol. The Balaban J connectivity index is 2.27. The SMILES string of the molecule is Cc1ccccc1C1=NSN=C(c2ccccc2C)C1=C(C#N)C#N. The van der Waals surface area contributed by atoms with E-state index in [-0.39, 0.29) is 5.57 Å². The molecule has 0 saturated heterocycles. The molecule has 0 fully saturated rings. The summed E-state index contributed by atoms with van der Waals surface area (Å²) in [6.45, 7) is 3.97. The van der Waals surface area contributed by atoms with E-state index in [2.05, 4.69) is 8.80 Å². The Kier molecular flexibility index (Phi) is 4.79. The van der Waals surface area contributed by atoms with Gasteiger partial charge in [0.1, 0.15) is 29.8 Å². The van der Waals surface area contributed by atoms with Gasteiger partial charge in [0.25, 0.3) is 0 Å². The number of rotatable bonds is 2. The highest BCUT2D eigenvalue weighted by Gasteiger charge is 2.27. The lowest BCUT2D eigenvalue weighted by atomic mass is 9.88. The number of hydrogen-bond acceptors (Lipinski definition) is 5. The maximum Gasteiger partial charge on any atom is 0.141 e. The molecule has 2 aromatic rings. The van der Waals surface area contributed by atoms with E-state index in [0.29, 0.717) is 17.0 Å². The van der Waals surface area contributed by atoms with Gasteiger partial charge in [0.05, 0.1) is 17.0 Å². The van der Waals surface area contributed by atoms with Gasteiger partial charge in [-0.2, -0.15) is 19.3 Å². The van der Waals surface area contributed by atoms with Crippen molar-refractivity contribution in [3.8, 4) is 12.1 Å². The van der Waals surface area contributed by atoms with E-state index in [9.17, 15) is 10.5 Å². The Hall–Kier alpha value is -3.15. The number of hydrogen-bond donors (Lipinski definition) is 0. The molecule has 0 bridgehead atoms. The summed E-state index contributed by atoms with van der Waals surface area (Å²) in [7, 11) is 0. The second kappa shape index (κ2) is 7.17. The highest BCUT2D eigenvalue weighted by molar-refractivity contribution is 7.97. The molecule has 0 N–H and O–H groups in total. The fourth-order valence-electron chi connectivity index (χ4n) is 2.72. The van der Waals surface area contributed by atoms with Crippen LogP contribution in [0.2, 0.25) is 0 Å². The second-order valence-corrected chi connectivity index (χ2v) is 6.09. The molecule has 25 heavy (non-hydrogen) atoms. The zero-order valence-corrected chi connectivity index (χ0v) is 14.6. The van der Waals surface area contributed by atoms with Gasteiger partial charge in [-0.3, -0.25) is 0 Å². The van der Waals surface area contributed by atoms with Crippen LogP contribution in [0.3, 0.4) is 0 Å². The van der Waals surface area contributed by atoms with Crippen LogP contribution >= 0.6 is 12.1 Å². The van der Waals surface area contributed by atoms with E-state index in [1.54, 1.807) is 0 Å². The number of nitriles is 2. The lowest BCUT2D eigenvalue weighted by Gasteiger charge is -2.19. The van der Waals surface area contributed by atoms with Gasteiger partial charge in [-0.25, -0.2) is 0 Å². The topological polar surface area (TPSA) is 72.3 Å². The van der Waals surface area contributed by atoms with Gasteiger partial charge in [0.15, 0.2) is 0 Å². The molecule has 0 aliphatic carbocycles. The van der Waals surface area contributed by atoms with Crippen molar-refractivity contribution in [1.82, 2.24) is 0 Å². The molecule has 0 saturated carbocycles.